The third-order valence-electron chi connectivity index (χ3n) is 5.74. The highest BCUT2D eigenvalue weighted by atomic mass is 16.7. The van der Waals surface area contributed by atoms with Gasteiger partial charge >= 0.3 is 0 Å². The van der Waals surface area contributed by atoms with Gasteiger partial charge in [-0.05, 0) is 30.5 Å². The van der Waals surface area contributed by atoms with Gasteiger partial charge in [-0.15, -0.1) is 0 Å². The van der Waals surface area contributed by atoms with Gasteiger partial charge in [0.05, 0.1) is 34.5 Å². The zero-order valence-electron chi connectivity index (χ0n) is 17.7. The molecule has 2 aromatic rings. The molecule has 29 heavy (non-hydrogen) atoms. The molecule has 1 unspecified atom stereocenters. The van der Waals surface area contributed by atoms with Gasteiger partial charge in [0.2, 0.25) is 5.75 Å². The minimum Gasteiger partial charge on any atom is -0.493 e. The lowest BCUT2D eigenvalue weighted by Gasteiger charge is -2.35. The molecule has 2 aromatic carbocycles. The standard InChI is InChI=1S/C23H31NO5/c1-5-22(24,17-9-7-6-8-10-17)11-12-23(28-13-14-29-23)18-15-19(25-2)21(27-4)20(16-18)26-3/h6-10,15-16H,5,11-14,24H2,1-4H3. The molecule has 0 bridgehead atoms. The number of benzene rings is 2. The summed E-state index contributed by atoms with van der Waals surface area (Å²) in [7, 11) is 4.78. The Morgan fingerprint density at radius 2 is 1.55 bits per heavy atom. The number of hydrogen-bond acceptors (Lipinski definition) is 6. The molecule has 6 heteroatoms. The molecular weight excluding hydrogens is 370 g/mol. The van der Waals surface area contributed by atoms with Crippen molar-refractivity contribution in [2.45, 2.75) is 37.5 Å². The van der Waals surface area contributed by atoms with Crippen LogP contribution >= 0.6 is 0 Å². The Bertz CT molecular complexity index is 779. The van der Waals surface area contributed by atoms with Crippen molar-refractivity contribution in [3.63, 3.8) is 0 Å². The molecule has 158 valence electrons. The average molecular weight is 402 g/mol. The first-order valence-electron chi connectivity index (χ1n) is 9.94. The van der Waals surface area contributed by atoms with Crippen molar-refractivity contribution in [1.82, 2.24) is 0 Å². The minimum atomic E-state index is -0.901. The maximum atomic E-state index is 6.81. The van der Waals surface area contributed by atoms with Crippen LogP contribution in [-0.4, -0.2) is 34.5 Å². The summed E-state index contributed by atoms with van der Waals surface area (Å²) < 4.78 is 28.8. The molecule has 1 atom stereocenters. The number of nitrogens with two attached hydrogens (primary N) is 1. The van der Waals surface area contributed by atoms with E-state index in [-0.39, 0.29) is 0 Å². The Balaban J connectivity index is 1.95. The molecule has 1 saturated heterocycles. The van der Waals surface area contributed by atoms with Crippen LogP contribution in [0.5, 0.6) is 17.2 Å². The first kappa shape index (κ1) is 21.4. The molecule has 1 heterocycles. The van der Waals surface area contributed by atoms with E-state index in [0.29, 0.717) is 43.3 Å². The van der Waals surface area contributed by atoms with E-state index < -0.39 is 11.3 Å². The fraction of sp³-hybridized carbons (Fsp3) is 0.478. The number of methoxy groups -OCH3 is 3. The van der Waals surface area contributed by atoms with E-state index in [0.717, 1.165) is 17.5 Å². The highest BCUT2D eigenvalue weighted by Crippen LogP contribution is 2.46. The maximum absolute atomic E-state index is 6.81. The van der Waals surface area contributed by atoms with E-state index in [1.807, 2.05) is 30.3 Å². The third kappa shape index (κ3) is 4.20. The molecule has 3 rings (SSSR count). The van der Waals surface area contributed by atoms with E-state index in [1.165, 1.54) is 0 Å². The second kappa shape index (κ2) is 9.03. The average Bonchev–Trinajstić information content (AvgIpc) is 3.27. The lowest BCUT2D eigenvalue weighted by atomic mass is 9.82. The zero-order valence-corrected chi connectivity index (χ0v) is 17.7. The minimum absolute atomic E-state index is 0.468. The van der Waals surface area contributed by atoms with Gasteiger partial charge in [0.15, 0.2) is 17.3 Å². The summed E-state index contributed by atoms with van der Waals surface area (Å²) in [4.78, 5) is 0. The normalized spacial score (nSPS) is 17.6. The van der Waals surface area contributed by atoms with Gasteiger partial charge in [0, 0.05) is 17.5 Å². The van der Waals surface area contributed by atoms with Crippen LogP contribution in [0.3, 0.4) is 0 Å². The lowest BCUT2D eigenvalue weighted by molar-refractivity contribution is -0.174. The third-order valence-corrected chi connectivity index (χ3v) is 5.74. The van der Waals surface area contributed by atoms with Crippen molar-refractivity contribution >= 4 is 0 Å². The van der Waals surface area contributed by atoms with Crippen LogP contribution < -0.4 is 19.9 Å². The molecule has 0 saturated carbocycles. The number of ether oxygens (including phenoxy) is 5. The SMILES string of the molecule is CCC(N)(CCC1(c2cc(OC)c(OC)c(OC)c2)OCCO1)c1ccccc1. The summed E-state index contributed by atoms with van der Waals surface area (Å²) in [5, 5.41) is 0. The zero-order chi connectivity index (χ0) is 20.9. The largest absolute Gasteiger partial charge is 0.493 e. The highest BCUT2D eigenvalue weighted by molar-refractivity contribution is 5.54. The van der Waals surface area contributed by atoms with Gasteiger partial charge in [-0.1, -0.05) is 37.3 Å². The van der Waals surface area contributed by atoms with Gasteiger partial charge in [-0.2, -0.15) is 0 Å². The van der Waals surface area contributed by atoms with Crippen molar-refractivity contribution in [2.75, 3.05) is 34.5 Å². The van der Waals surface area contributed by atoms with Crippen LogP contribution in [0.25, 0.3) is 0 Å². The van der Waals surface area contributed by atoms with Crippen LogP contribution in [0.1, 0.15) is 37.3 Å². The van der Waals surface area contributed by atoms with Crippen molar-refractivity contribution in [2.24, 2.45) is 5.73 Å². The Morgan fingerprint density at radius 3 is 2.03 bits per heavy atom. The molecule has 6 nitrogen and oxygen atoms in total. The molecular formula is C23H31NO5. The molecule has 1 aliphatic rings. The Morgan fingerprint density at radius 1 is 0.966 bits per heavy atom. The first-order valence-corrected chi connectivity index (χ1v) is 9.94. The maximum Gasteiger partial charge on any atom is 0.203 e. The highest BCUT2D eigenvalue weighted by Gasteiger charge is 2.42. The Hall–Kier alpha value is -2.28. The van der Waals surface area contributed by atoms with Gasteiger partial charge < -0.3 is 29.4 Å². The van der Waals surface area contributed by atoms with Crippen LogP contribution in [-0.2, 0) is 20.8 Å². The van der Waals surface area contributed by atoms with Gasteiger partial charge in [0.25, 0.3) is 0 Å². The second-order valence-electron chi connectivity index (χ2n) is 7.24. The van der Waals surface area contributed by atoms with E-state index in [1.54, 1.807) is 21.3 Å². The second-order valence-corrected chi connectivity index (χ2v) is 7.24. The van der Waals surface area contributed by atoms with Crippen LogP contribution in [0.4, 0.5) is 0 Å². The topological polar surface area (TPSA) is 72.2 Å². The van der Waals surface area contributed by atoms with Crippen LogP contribution in [0, 0.1) is 0 Å². The van der Waals surface area contributed by atoms with Crippen molar-refractivity contribution in [1.29, 1.82) is 0 Å². The van der Waals surface area contributed by atoms with Crippen molar-refractivity contribution in [3.8, 4) is 17.2 Å². The molecule has 0 amide bonds. The number of hydrogen-bond donors (Lipinski definition) is 1. The van der Waals surface area contributed by atoms with Gasteiger partial charge in [-0.3, -0.25) is 0 Å². The number of rotatable bonds is 9. The Labute approximate surface area is 172 Å². The monoisotopic (exact) mass is 401 g/mol. The predicted molar refractivity (Wildman–Crippen MR) is 112 cm³/mol. The molecule has 0 aliphatic carbocycles. The summed E-state index contributed by atoms with van der Waals surface area (Å²) in [6.45, 7) is 3.15. The van der Waals surface area contributed by atoms with E-state index in [9.17, 15) is 0 Å². The van der Waals surface area contributed by atoms with E-state index >= 15 is 0 Å². The summed E-state index contributed by atoms with van der Waals surface area (Å²) in [5.41, 5.74) is 8.28. The van der Waals surface area contributed by atoms with Crippen molar-refractivity contribution < 1.29 is 23.7 Å². The molecule has 0 aromatic heterocycles. The Kier molecular flexibility index (Phi) is 6.67. The summed E-state index contributed by atoms with van der Waals surface area (Å²) in [6.07, 6.45) is 2.11. The summed E-state index contributed by atoms with van der Waals surface area (Å²) in [6, 6.07) is 14.0. The predicted octanol–water partition coefficient (Wildman–Crippen LogP) is 3.96. The molecule has 2 N–H and O–H groups in total. The van der Waals surface area contributed by atoms with Gasteiger partial charge in [-0.25, -0.2) is 0 Å². The quantitative estimate of drug-likeness (QED) is 0.686. The molecule has 0 spiro atoms. The smallest absolute Gasteiger partial charge is 0.203 e. The molecule has 0 radical (unpaired) electrons. The molecule has 1 aliphatic heterocycles. The molecule has 1 fully saturated rings. The van der Waals surface area contributed by atoms with Crippen molar-refractivity contribution in [3.05, 3.63) is 53.6 Å². The van der Waals surface area contributed by atoms with Crippen LogP contribution in [0.2, 0.25) is 0 Å². The fourth-order valence-electron chi connectivity index (χ4n) is 3.89. The van der Waals surface area contributed by atoms with E-state index in [2.05, 4.69) is 19.1 Å². The van der Waals surface area contributed by atoms with Gasteiger partial charge in [0.1, 0.15) is 0 Å². The van der Waals surface area contributed by atoms with E-state index in [4.69, 9.17) is 29.4 Å². The lowest BCUT2D eigenvalue weighted by Crippen LogP contribution is -2.39. The summed E-state index contributed by atoms with van der Waals surface area (Å²) in [5.74, 6) is 0.773. The first-order chi connectivity index (χ1) is 14.0. The van der Waals surface area contributed by atoms with Crippen LogP contribution in [0.15, 0.2) is 42.5 Å². The summed E-state index contributed by atoms with van der Waals surface area (Å²) >= 11 is 0. The fourth-order valence-corrected chi connectivity index (χ4v) is 3.89.